The Bertz CT molecular complexity index is 550. The van der Waals surface area contributed by atoms with Crippen LogP contribution >= 0.6 is 11.3 Å². The Morgan fingerprint density at radius 2 is 2.05 bits per heavy atom. The molecule has 0 aliphatic rings. The number of rotatable bonds is 8. The van der Waals surface area contributed by atoms with Crippen molar-refractivity contribution in [3.8, 4) is 0 Å². The number of aromatic carboxylic acids is 1. The summed E-state index contributed by atoms with van der Waals surface area (Å²) in [7, 11) is -3.80. The zero-order valence-corrected chi connectivity index (χ0v) is 13.4. The number of thiophene rings is 1. The van der Waals surface area contributed by atoms with Crippen LogP contribution in [0.1, 0.15) is 30.4 Å². The molecule has 0 saturated heterocycles. The molecule has 1 aromatic rings. The number of hydrogen-bond acceptors (Lipinski definition) is 5. The van der Waals surface area contributed by atoms with E-state index < -0.39 is 16.0 Å². The van der Waals surface area contributed by atoms with Crippen molar-refractivity contribution in [1.82, 2.24) is 9.62 Å². The highest BCUT2D eigenvalue weighted by molar-refractivity contribution is 7.89. The third-order valence-corrected chi connectivity index (χ3v) is 5.56. The summed E-state index contributed by atoms with van der Waals surface area (Å²) in [6.07, 6.45) is 0. The molecule has 0 amide bonds. The van der Waals surface area contributed by atoms with Gasteiger partial charge in [-0.25, -0.2) is 17.9 Å². The largest absolute Gasteiger partial charge is 0.477 e. The molecule has 0 fully saturated rings. The van der Waals surface area contributed by atoms with Gasteiger partial charge in [-0.1, -0.05) is 13.8 Å². The van der Waals surface area contributed by atoms with Gasteiger partial charge in [-0.15, -0.1) is 11.3 Å². The normalized spacial score (nSPS) is 13.6. The highest BCUT2D eigenvalue weighted by atomic mass is 32.2. The van der Waals surface area contributed by atoms with Crippen molar-refractivity contribution in [2.24, 2.45) is 0 Å². The molecule has 0 aromatic carbocycles. The van der Waals surface area contributed by atoms with Crippen molar-refractivity contribution in [3.63, 3.8) is 0 Å². The maximum absolute atomic E-state index is 12.2. The molecule has 2 N–H and O–H groups in total. The lowest BCUT2D eigenvalue weighted by atomic mass is 10.3. The van der Waals surface area contributed by atoms with E-state index in [1.807, 2.05) is 13.8 Å². The summed E-state index contributed by atoms with van der Waals surface area (Å²) in [6, 6.07) is 1.03. The number of hydrogen-bond donors (Lipinski definition) is 2. The topological polar surface area (TPSA) is 86.7 Å². The summed E-state index contributed by atoms with van der Waals surface area (Å²) in [5.41, 5.74) is 0. The van der Waals surface area contributed by atoms with Crippen LogP contribution in [-0.4, -0.2) is 50.1 Å². The average molecular weight is 320 g/mol. The van der Waals surface area contributed by atoms with Crippen LogP contribution in [0.25, 0.3) is 0 Å². The second-order valence-corrected chi connectivity index (χ2v) is 7.03. The summed E-state index contributed by atoms with van der Waals surface area (Å²) in [4.78, 5) is 12.8. The number of carboxylic acid groups (broad SMARTS) is 1. The zero-order valence-electron chi connectivity index (χ0n) is 11.8. The molecule has 20 heavy (non-hydrogen) atoms. The molecule has 1 rings (SSSR count). The third-order valence-electron chi connectivity index (χ3n) is 2.90. The SMILES string of the molecule is CCN(CC)CC(C)NS(=O)(=O)c1ccsc1C(=O)O. The number of sulfonamides is 1. The van der Waals surface area contributed by atoms with Crippen LogP contribution in [0.2, 0.25) is 0 Å². The van der Waals surface area contributed by atoms with Gasteiger partial charge < -0.3 is 10.0 Å². The summed E-state index contributed by atoms with van der Waals surface area (Å²) >= 11 is 0.905. The molecule has 1 unspecified atom stereocenters. The van der Waals surface area contributed by atoms with Crippen LogP contribution in [-0.2, 0) is 10.0 Å². The second-order valence-electron chi connectivity index (χ2n) is 4.43. The van der Waals surface area contributed by atoms with E-state index in [9.17, 15) is 13.2 Å². The van der Waals surface area contributed by atoms with Gasteiger partial charge >= 0.3 is 5.97 Å². The van der Waals surface area contributed by atoms with Crippen LogP contribution in [0.3, 0.4) is 0 Å². The van der Waals surface area contributed by atoms with E-state index >= 15 is 0 Å². The lowest BCUT2D eigenvalue weighted by Gasteiger charge is -2.23. The molecule has 0 radical (unpaired) electrons. The molecule has 0 bridgehead atoms. The lowest BCUT2D eigenvalue weighted by Crippen LogP contribution is -2.42. The predicted octanol–water partition coefficient (Wildman–Crippen LogP) is 1.45. The zero-order chi connectivity index (χ0) is 15.3. The van der Waals surface area contributed by atoms with Gasteiger partial charge in [0.25, 0.3) is 0 Å². The fourth-order valence-electron chi connectivity index (χ4n) is 1.90. The monoisotopic (exact) mass is 320 g/mol. The molecule has 6 nitrogen and oxygen atoms in total. The standard InChI is InChI=1S/C12H20N2O4S2/c1-4-14(5-2)8-9(3)13-20(17,18)10-6-7-19-11(10)12(15)16/h6-7,9,13H,4-5,8H2,1-3H3,(H,15,16). The number of nitrogens with zero attached hydrogens (tertiary/aromatic N) is 1. The van der Waals surface area contributed by atoms with E-state index in [1.54, 1.807) is 6.92 Å². The number of carboxylic acids is 1. The Balaban J connectivity index is 2.84. The first kappa shape index (κ1) is 17.1. The molecule has 0 aliphatic heterocycles. The van der Waals surface area contributed by atoms with Crippen LogP contribution in [0.5, 0.6) is 0 Å². The summed E-state index contributed by atoms with van der Waals surface area (Å²) in [6.45, 7) is 8.03. The fraction of sp³-hybridized carbons (Fsp3) is 0.583. The Labute approximate surface area is 123 Å². The maximum atomic E-state index is 12.2. The first-order chi connectivity index (χ1) is 9.31. The minimum atomic E-state index is -3.80. The van der Waals surface area contributed by atoms with Crippen molar-refractivity contribution in [1.29, 1.82) is 0 Å². The Morgan fingerprint density at radius 3 is 2.55 bits per heavy atom. The van der Waals surface area contributed by atoms with E-state index in [-0.39, 0.29) is 15.8 Å². The molecule has 1 heterocycles. The first-order valence-corrected chi connectivity index (χ1v) is 8.73. The molecule has 8 heteroatoms. The maximum Gasteiger partial charge on any atom is 0.347 e. The molecule has 1 atom stereocenters. The van der Waals surface area contributed by atoms with Crippen molar-refractivity contribution in [3.05, 3.63) is 16.3 Å². The van der Waals surface area contributed by atoms with Gasteiger partial charge in [0.15, 0.2) is 0 Å². The van der Waals surface area contributed by atoms with Crippen LogP contribution in [0.4, 0.5) is 0 Å². The smallest absolute Gasteiger partial charge is 0.347 e. The van der Waals surface area contributed by atoms with Crippen molar-refractivity contribution in [2.75, 3.05) is 19.6 Å². The Kier molecular flexibility index (Phi) is 6.12. The predicted molar refractivity (Wildman–Crippen MR) is 78.8 cm³/mol. The minimum absolute atomic E-state index is 0.160. The van der Waals surface area contributed by atoms with E-state index in [1.165, 1.54) is 11.4 Å². The molecule has 0 saturated carbocycles. The van der Waals surface area contributed by atoms with Crippen LogP contribution in [0.15, 0.2) is 16.3 Å². The van der Waals surface area contributed by atoms with Gasteiger partial charge in [-0.2, -0.15) is 0 Å². The first-order valence-electron chi connectivity index (χ1n) is 6.37. The average Bonchev–Trinajstić information content (AvgIpc) is 2.85. The van der Waals surface area contributed by atoms with Gasteiger partial charge in [0, 0.05) is 12.6 Å². The summed E-state index contributed by atoms with van der Waals surface area (Å²) in [5, 5.41) is 10.4. The van der Waals surface area contributed by atoms with Gasteiger partial charge in [0.1, 0.15) is 9.77 Å². The molecule has 114 valence electrons. The third kappa shape index (κ3) is 4.27. The molecule has 1 aromatic heterocycles. The van der Waals surface area contributed by atoms with Gasteiger partial charge in [-0.3, -0.25) is 0 Å². The van der Waals surface area contributed by atoms with E-state index in [0.29, 0.717) is 6.54 Å². The number of likely N-dealkylation sites (N-methyl/N-ethyl adjacent to an activating group) is 1. The van der Waals surface area contributed by atoms with E-state index in [0.717, 1.165) is 24.4 Å². The molecular formula is C12H20N2O4S2. The van der Waals surface area contributed by atoms with Crippen molar-refractivity contribution >= 4 is 27.3 Å². The van der Waals surface area contributed by atoms with Gasteiger partial charge in [0.05, 0.1) is 0 Å². The highest BCUT2D eigenvalue weighted by Gasteiger charge is 2.25. The van der Waals surface area contributed by atoms with Crippen LogP contribution < -0.4 is 4.72 Å². The number of nitrogens with one attached hydrogen (secondary N) is 1. The minimum Gasteiger partial charge on any atom is -0.477 e. The fourth-order valence-corrected chi connectivity index (χ4v) is 4.39. The second kappa shape index (κ2) is 7.16. The molecule has 0 aliphatic carbocycles. The van der Waals surface area contributed by atoms with E-state index in [2.05, 4.69) is 9.62 Å². The highest BCUT2D eigenvalue weighted by Crippen LogP contribution is 2.22. The van der Waals surface area contributed by atoms with Crippen LogP contribution in [0, 0.1) is 0 Å². The lowest BCUT2D eigenvalue weighted by molar-refractivity contribution is 0.0698. The quantitative estimate of drug-likeness (QED) is 0.757. The molecular weight excluding hydrogens is 300 g/mol. The Hall–Kier alpha value is -0.960. The van der Waals surface area contributed by atoms with E-state index in [4.69, 9.17) is 5.11 Å². The summed E-state index contributed by atoms with van der Waals surface area (Å²) < 4.78 is 26.9. The Morgan fingerprint density at radius 1 is 1.45 bits per heavy atom. The van der Waals surface area contributed by atoms with Crippen molar-refractivity contribution < 1.29 is 18.3 Å². The van der Waals surface area contributed by atoms with Gasteiger partial charge in [-0.05, 0) is 31.5 Å². The van der Waals surface area contributed by atoms with Crippen molar-refractivity contribution in [2.45, 2.75) is 31.7 Å². The number of carbonyl (C=O) groups is 1. The van der Waals surface area contributed by atoms with Gasteiger partial charge in [0.2, 0.25) is 10.0 Å². The summed E-state index contributed by atoms with van der Waals surface area (Å²) in [5.74, 6) is -1.23. The molecule has 0 spiro atoms.